The number of benzene rings is 3. The Morgan fingerprint density at radius 1 is 0.975 bits per heavy atom. The van der Waals surface area contributed by atoms with Crippen LogP contribution < -0.4 is 25.5 Å². The summed E-state index contributed by atoms with van der Waals surface area (Å²) in [7, 11) is 0. The third kappa shape index (κ3) is 8.99. The van der Waals surface area contributed by atoms with Crippen molar-refractivity contribution in [1.29, 1.82) is 0 Å². The van der Waals surface area contributed by atoms with Crippen molar-refractivity contribution in [3.8, 4) is 11.5 Å². The molecule has 0 saturated heterocycles. The number of ether oxygens (including phenoxy) is 2. The van der Waals surface area contributed by atoms with Crippen molar-refractivity contribution in [3.63, 3.8) is 0 Å². The molecule has 3 amide bonds. The molecule has 3 rings (SSSR count). The standard InChI is InChI=1S/C26H21BrClF3N4O5/c1-2-39-22-10-15(13-32-35-25(38)24(37)33-18-5-3-4-17(28)12-18)6-9-21(22)40-14-23(36)34-20-8-7-16(27)11-19(20)26(29,30)31/h3-13H,2,14H2,1H3,(H,33,37)(H,34,36)(H,35,38)/b32-13-. The van der Waals surface area contributed by atoms with Gasteiger partial charge in [0.25, 0.3) is 5.91 Å². The molecule has 3 aromatic carbocycles. The van der Waals surface area contributed by atoms with Gasteiger partial charge in [-0.05, 0) is 67.1 Å². The van der Waals surface area contributed by atoms with Gasteiger partial charge in [0.2, 0.25) is 0 Å². The summed E-state index contributed by atoms with van der Waals surface area (Å²) in [4.78, 5) is 36.3. The second-order valence-corrected chi connectivity index (χ2v) is 9.18. The van der Waals surface area contributed by atoms with Gasteiger partial charge in [-0.15, -0.1) is 0 Å². The van der Waals surface area contributed by atoms with E-state index in [1.54, 1.807) is 25.1 Å². The molecular formula is C26H21BrClF3N4O5. The second kappa shape index (κ2) is 13.8. The van der Waals surface area contributed by atoms with Crippen LogP contribution in [0.2, 0.25) is 5.02 Å². The molecule has 0 bridgehead atoms. The van der Waals surface area contributed by atoms with E-state index in [9.17, 15) is 27.6 Å². The molecule has 40 heavy (non-hydrogen) atoms. The number of nitrogens with one attached hydrogen (secondary N) is 3. The Balaban J connectivity index is 1.60. The highest BCUT2D eigenvalue weighted by Gasteiger charge is 2.34. The van der Waals surface area contributed by atoms with E-state index in [2.05, 4.69) is 37.1 Å². The molecule has 0 fully saturated rings. The Hall–Kier alpha value is -4.10. The molecular weight excluding hydrogens is 621 g/mol. The van der Waals surface area contributed by atoms with Crippen LogP contribution in [-0.4, -0.2) is 37.1 Å². The van der Waals surface area contributed by atoms with Crippen LogP contribution in [0.3, 0.4) is 0 Å². The molecule has 0 aliphatic rings. The van der Waals surface area contributed by atoms with Crippen LogP contribution in [0.15, 0.2) is 70.2 Å². The third-order valence-electron chi connectivity index (χ3n) is 4.86. The van der Waals surface area contributed by atoms with Crippen LogP contribution in [0.25, 0.3) is 0 Å². The monoisotopic (exact) mass is 640 g/mol. The summed E-state index contributed by atoms with van der Waals surface area (Å²) >= 11 is 8.83. The largest absolute Gasteiger partial charge is 0.490 e. The first kappa shape index (κ1) is 30.4. The number of anilines is 2. The van der Waals surface area contributed by atoms with Crippen molar-refractivity contribution in [1.82, 2.24) is 5.43 Å². The van der Waals surface area contributed by atoms with Gasteiger partial charge in [-0.2, -0.15) is 18.3 Å². The van der Waals surface area contributed by atoms with E-state index >= 15 is 0 Å². The summed E-state index contributed by atoms with van der Waals surface area (Å²) in [5.74, 6) is -2.44. The number of halogens is 5. The van der Waals surface area contributed by atoms with Gasteiger partial charge in [0.15, 0.2) is 18.1 Å². The van der Waals surface area contributed by atoms with Crippen LogP contribution >= 0.6 is 27.5 Å². The first-order valence-electron chi connectivity index (χ1n) is 11.4. The predicted molar refractivity (Wildman–Crippen MR) is 147 cm³/mol. The number of alkyl halides is 3. The lowest BCUT2D eigenvalue weighted by molar-refractivity contribution is -0.137. The van der Waals surface area contributed by atoms with Crippen LogP contribution in [0.1, 0.15) is 18.1 Å². The molecule has 3 aromatic rings. The van der Waals surface area contributed by atoms with E-state index in [-0.39, 0.29) is 22.6 Å². The molecule has 0 atom stereocenters. The maximum absolute atomic E-state index is 13.3. The fourth-order valence-electron chi connectivity index (χ4n) is 3.15. The van der Waals surface area contributed by atoms with E-state index in [1.165, 1.54) is 36.5 Å². The fourth-order valence-corrected chi connectivity index (χ4v) is 3.70. The summed E-state index contributed by atoms with van der Waals surface area (Å²) in [6.45, 7) is 1.35. The SMILES string of the molecule is CCOc1cc(/C=N\NC(=O)C(=O)Nc2cccc(Cl)c2)ccc1OCC(=O)Nc1ccc(Br)cc1C(F)(F)F. The lowest BCUT2D eigenvalue weighted by Crippen LogP contribution is -2.32. The number of amides is 3. The second-order valence-electron chi connectivity index (χ2n) is 7.83. The molecule has 14 heteroatoms. The minimum atomic E-state index is -4.67. The summed E-state index contributed by atoms with van der Waals surface area (Å²) in [5.41, 5.74) is 1.45. The van der Waals surface area contributed by atoms with E-state index < -0.39 is 41.8 Å². The Morgan fingerprint density at radius 2 is 1.75 bits per heavy atom. The Morgan fingerprint density at radius 3 is 2.45 bits per heavy atom. The molecule has 0 spiro atoms. The third-order valence-corrected chi connectivity index (χ3v) is 5.58. The van der Waals surface area contributed by atoms with Crippen molar-refractivity contribution in [2.75, 3.05) is 23.8 Å². The molecule has 0 unspecified atom stereocenters. The average molecular weight is 642 g/mol. The Bertz CT molecular complexity index is 1440. The highest BCUT2D eigenvalue weighted by atomic mass is 79.9. The van der Waals surface area contributed by atoms with E-state index in [0.29, 0.717) is 16.3 Å². The predicted octanol–water partition coefficient (Wildman–Crippen LogP) is 5.63. The number of carbonyl (C=O) groups is 3. The summed E-state index contributed by atoms with van der Waals surface area (Å²) in [6, 6.07) is 14.1. The fraction of sp³-hybridized carbons (Fsp3) is 0.154. The summed E-state index contributed by atoms with van der Waals surface area (Å²) in [5, 5.41) is 8.70. The Labute approximate surface area is 239 Å². The van der Waals surface area contributed by atoms with E-state index in [0.717, 1.165) is 12.1 Å². The van der Waals surface area contributed by atoms with Crippen molar-refractivity contribution >= 4 is 62.8 Å². The average Bonchev–Trinajstić information content (AvgIpc) is 2.88. The van der Waals surface area contributed by atoms with Crippen LogP contribution in [0.4, 0.5) is 24.5 Å². The number of hydrogen-bond donors (Lipinski definition) is 3. The maximum Gasteiger partial charge on any atom is 0.418 e. The first-order valence-corrected chi connectivity index (χ1v) is 12.6. The number of rotatable bonds is 9. The van der Waals surface area contributed by atoms with Crippen molar-refractivity contribution in [2.24, 2.45) is 5.10 Å². The molecule has 0 saturated carbocycles. The lowest BCUT2D eigenvalue weighted by atomic mass is 10.1. The lowest BCUT2D eigenvalue weighted by Gasteiger charge is -2.15. The van der Waals surface area contributed by atoms with E-state index in [1.807, 2.05) is 0 Å². The smallest absolute Gasteiger partial charge is 0.418 e. The highest BCUT2D eigenvalue weighted by molar-refractivity contribution is 9.10. The van der Waals surface area contributed by atoms with Gasteiger partial charge in [0.1, 0.15) is 0 Å². The normalized spacial score (nSPS) is 11.2. The molecule has 0 aromatic heterocycles. The van der Waals surface area contributed by atoms with Gasteiger partial charge in [-0.3, -0.25) is 14.4 Å². The van der Waals surface area contributed by atoms with Crippen molar-refractivity contribution < 1.29 is 37.0 Å². The number of hydrazone groups is 1. The first-order chi connectivity index (χ1) is 19.0. The number of hydrogen-bond acceptors (Lipinski definition) is 6. The zero-order chi connectivity index (χ0) is 29.3. The van der Waals surface area contributed by atoms with Gasteiger partial charge < -0.3 is 20.1 Å². The molecule has 3 N–H and O–H groups in total. The summed E-state index contributed by atoms with van der Waals surface area (Å²) in [6.07, 6.45) is -3.43. The van der Waals surface area contributed by atoms with Gasteiger partial charge >= 0.3 is 18.0 Å². The number of nitrogens with zero attached hydrogens (tertiary/aromatic N) is 1. The molecule has 0 aliphatic carbocycles. The summed E-state index contributed by atoms with van der Waals surface area (Å²) < 4.78 is 51.1. The molecule has 210 valence electrons. The van der Waals surface area contributed by atoms with Gasteiger partial charge in [-0.25, -0.2) is 5.43 Å². The molecule has 0 aliphatic heterocycles. The molecule has 9 nitrogen and oxygen atoms in total. The quantitative estimate of drug-likeness (QED) is 0.159. The maximum atomic E-state index is 13.3. The highest BCUT2D eigenvalue weighted by Crippen LogP contribution is 2.36. The Kier molecular flexibility index (Phi) is 10.5. The number of carbonyl (C=O) groups excluding carboxylic acids is 3. The van der Waals surface area contributed by atoms with Gasteiger partial charge in [0, 0.05) is 15.2 Å². The minimum absolute atomic E-state index is 0.144. The van der Waals surface area contributed by atoms with Crippen LogP contribution in [-0.2, 0) is 20.6 Å². The zero-order valence-corrected chi connectivity index (χ0v) is 23.0. The van der Waals surface area contributed by atoms with Crippen LogP contribution in [0, 0.1) is 0 Å². The van der Waals surface area contributed by atoms with E-state index in [4.69, 9.17) is 21.1 Å². The van der Waals surface area contributed by atoms with Gasteiger partial charge in [-0.1, -0.05) is 33.6 Å². The van der Waals surface area contributed by atoms with Crippen molar-refractivity contribution in [2.45, 2.75) is 13.1 Å². The molecule has 0 heterocycles. The zero-order valence-electron chi connectivity index (χ0n) is 20.6. The topological polar surface area (TPSA) is 118 Å². The van der Waals surface area contributed by atoms with Gasteiger partial charge in [0.05, 0.1) is 24.1 Å². The van der Waals surface area contributed by atoms with Crippen LogP contribution in [0.5, 0.6) is 11.5 Å². The minimum Gasteiger partial charge on any atom is -0.490 e. The van der Waals surface area contributed by atoms with Crippen molar-refractivity contribution in [3.05, 3.63) is 81.3 Å². The molecule has 0 radical (unpaired) electrons.